The van der Waals surface area contributed by atoms with Gasteiger partial charge in [0.25, 0.3) is 0 Å². The Labute approximate surface area is 116 Å². The Morgan fingerprint density at radius 3 is 2.59 bits per heavy atom. The number of Topliss-reactive ketones (excluding diaryl/α,β-unsaturated/α-hetero) is 1. The Morgan fingerprint density at radius 2 is 1.94 bits per heavy atom. The number of pyridine rings is 1. The number of carbonyl (C=O) groups is 1. The van der Waals surface area contributed by atoms with E-state index < -0.39 is 0 Å². The van der Waals surface area contributed by atoms with Crippen molar-refractivity contribution in [2.75, 3.05) is 0 Å². The summed E-state index contributed by atoms with van der Waals surface area (Å²) in [6.07, 6.45) is 2.00. The molecule has 2 nitrogen and oxygen atoms in total. The highest BCUT2D eigenvalue weighted by atomic mass is 79.9. The third-order valence-electron chi connectivity index (χ3n) is 2.27. The highest BCUT2D eigenvalue weighted by molar-refractivity contribution is 9.10. The maximum absolute atomic E-state index is 11.9. The fourth-order valence-electron chi connectivity index (χ4n) is 1.46. The number of carbonyl (C=O) groups excluding carboxylic acids is 1. The van der Waals surface area contributed by atoms with E-state index in [9.17, 15) is 4.79 Å². The van der Waals surface area contributed by atoms with Gasteiger partial charge in [-0.25, -0.2) is 0 Å². The summed E-state index contributed by atoms with van der Waals surface area (Å²) in [6.45, 7) is 0. The van der Waals surface area contributed by atoms with Gasteiger partial charge in [-0.05, 0) is 45.8 Å². The molecule has 0 aliphatic rings. The monoisotopic (exact) mass is 353 g/mol. The first-order valence-electron chi connectivity index (χ1n) is 5.04. The first kappa shape index (κ1) is 12.5. The Hall–Kier alpha value is -1.00. The minimum atomic E-state index is 0.0237. The Balaban J connectivity index is 2.14. The number of hydrogen-bond acceptors (Lipinski definition) is 2. The Kier molecular flexibility index (Phi) is 4.07. The van der Waals surface area contributed by atoms with Crippen molar-refractivity contribution in [3.63, 3.8) is 0 Å². The Morgan fingerprint density at radius 1 is 1.12 bits per heavy atom. The maximum Gasteiger partial charge on any atom is 0.185 e. The molecule has 0 fully saturated rings. The second-order valence-corrected chi connectivity index (χ2v) is 5.42. The van der Waals surface area contributed by atoms with Crippen molar-refractivity contribution in [1.29, 1.82) is 0 Å². The molecule has 86 valence electrons. The van der Waals surface area contributed by atoms with Crippen LogP contribution in [0, 0.1) is 0 Å². The molecule has 1 heterocycles. The molecule has 0 spiro atoms. The van der Waals surface area contributed by atoms with Crippen molar-refractivity contribution in [2.45, 2.75) is 6.42 Å². The summed E-state index contributed by atoms with van der Waals surface area (Å²) in [5, 5.41) is 0. The van der Waals surface area contributed by atoms with Crippen molar-refractivity contribution in [3.8, 4) is 0 Å². The van der Waals surface area contributed by atoms with Gasteiger partial charge in [-0.2, -0.15) is 0 Å². The van der Waals surface area contributed by atoms with E-state index in [2.05, 4.69) is 36.8 Å². The van der Waals surface area contributed by atoms with Gasteiger partial charge in [0.15, 0.2) is 5.78 Å². The summed E-state index contributed by atoms with van der Waals surface area (Å²) in [4.78, 5) is 16.0. The third-order valence-corrected chi connectivity index (χ3v) is 3.23. The highest BCUT2D eigenvalue weighted by Crippen LogP contribution is 2.14. The molecule has 0 saturated heterocycles. The van der Waals surface area contributed by atoms with Gasteiger partial charge in [0.1, 0.15) is 5.69 Å². The largest absolute Gasteiger partial charge is 0.292 e. The average molecular weight is 355 g/mol. The number of ketones is 1. The molecule has 0 atom stereocenters. The molecule has 4 heteroatoms. The van der Waals surface area contributed by atoms with Crippen LogP contribution < -0.4 is 0 Å². The van der Waals surface area contributed by atoms with Gasteiger partial charge in [0.2, 0.25) is 0 Å². The van der Waals surface area contributed by atoms with E-state index in [4.69, 9.17) is 0 Å². The average Bonchev–Trinajstić information content (AvgIpc) is 2.29. The molecular formula is C13H9Br2NO. The molecule has 0 radical (unpaired) electrons. The van der Waals surface area contributed by atoms with Crippen LogP contribution in [0.5, 0.6) is 0 Å². The van der Waals surface area contributed by atoms with E-state index in [1.807, 2.05) is 30.3 Å². The van der Waals surface area contributed by atoms with Gasteiger partial charge in [0.05, 0.1) is 0 Å². The molecule has 1 aromatic heterocycles. The minimum absolute atomic E-state index is 0.0237. The molecule has 2 aromatic rings. The number of hydrogen-bond donors (Lipinski definition) is 0. The van der Waals surface area contributed by atoms with E-state index in [-0.39, 0.29) is 5.78 Å². The molecular weight excluding hydrogens is 346 g/mol. The summed E-state index contributed by atoms with van der Waals surface area (Å²) in [5.74, 6) is 0.0237. The van der Waals surface area contributed by atoms with Crippen LogP contribution >= 0.6 is 31.9 Å². The molecule has 0 aliphatic heterocycles. The van der Waals surface area contributed by atoms with Crippen molar-refractivity contribution >= 4 is 37.6 Å². The molecule has 2 rings (SSSR count). The lowest BCUT2D eigenvalue weighted by molar-refractivity contribution is 0.0988. The van der Waals surface area contributed by atoms with Gasteiger partial charge < -0.3 is 0 Å². The van der Waals surface area contributed by atoms with Crippen molar-refractivity contribution < 1.29 is 4.79 Å². The van der Waals surface area contributed by atoms with E-state index in [0.29, 0.717) is 12.1 Å². The molecule has 0 aliphatic carbocycles. The van der Waals surface area contributed by atoms with E-state index in [1.54, 1.807) is 12.3 Å². The second-order valence-electron chi connectivity index (χ2n) is 3.59. The number of rotatable bonds is 3. The summed E-state index contributed by atoms with van der Waals surface area (Å²) in [7, 11) is 0. The normalized spacial score (nSPS) is 10.2. The molecule has 17 heavy (non-hydrogen) atoms. The number of nitrogens with zero attached hydrogens (tertiary/aromatic N) is 1. The lowest BCUT2D eigenvalue weighted by Gasteiger charge is -2.01. The van der Waals surface area contributed by atoms with Crippen LogP contribution in [0.3, 0.4) is 0 Å². The standard InChI is InChI=1S/C13H9Br2NO/c14-10-3-1-2-9(6-10)7-13(17)12-5-4-11(15)8-16-12/h1-6,8H,7H2. The summed E-state index contributed by atoms with van der Waals surface area (Å²) >= 11 is 6.68. The van der Waals surface area contributed by atoms with Crippen LogP contribution in [0.1, 0.15) is 16.1 Å². The van der Waals surface area contributed by atoms with E-state index in [0.717, 1.165) is 14.5 Å². The number of benzene rings is 1. The quantitative estimate of drug-likeness (QED) is 0.779. The first-order chi connectivity index (χ1) is 8.15. The van der Waals surface area contributed by atoms with Gasteiger partial charge in [-0.1, -0.05) is 28.1 Å². The predicted octanol–water partition coefficient (Wildman–Crippen LogP) is 4.03. The second kappa shape index (κ2) is 5.56. The van der Waals surface area contributed by atoms with Gasteiger partial charge in [0, 0.05) is 21.6 Å². The first-order valence-corrected chi connectivity index (χ1v) is 6.63. The SMILES string of the molecule is O=C(Cc1cccc(Br)c1)c1ccc(Br)cn1. The highest BCUT2D eigenvalue weighted by Gasteiger charge is 2.08. The van der Waals surface area contributed by atoms with Crippen molar-refractivity contribution in [3.05, 3.63) is 62.8 Å². The van der Waals surface area contributed by atoms with E-state index >= 15 is 0 Å². The smallest absolute Gasteiger partial charge is 0.185 e. The van der Waals surface area contributed by atoms with Crippen LogP contribution in [0.2, 0.25) is 0 Å². The molecule has 0 saturated carbocycles. The third kappa shape index (κ3) is 3.48. The molecule has 0 unspecified atom stereocenters. The number of halogens is 2. The van der Waals surface area contributed by atoms with E-state index in [1.165, 1.54) is 0 Å². The maximum atomic E-state index is 11.9. The fourth-order valence-corrected chi connectivity index (χ4v) is 2.14. The van der Waals surface area contributed by atoms with Crippen LogP contribution in [-0.4, -0.2) is 10.8 Å². The van der Waals surface area contributed by atoms with Gasteiger partial charge in [-0.3, -0.25) is 9.78 Å². The predicted molar refractivity (Wildman–Crippen MR) is 74.1 cm³/mol. The van der Waals surface area contributed by atoms with Crippen LogP contribution in [0.25, 0.3) is 0 Å². The zero-order chi connectivity index (χ0) is 12.3. The lowest BCUT2D eigenvalue weighted by atomic mass is 10.1. The van der Waals surface area contributed by atoms with Gasteiger partial charge >= 0.3 is 0 Å². The van der Waals surface area contributed by atoms with Crippen LogP contribution in [0.4, 0.5) is 0 Å². The molecule has 0 amide bonds. The Bertz CT molecular complexity index is 537. The number of aromatic nitrogens is 1. The van der Waals surface area contributed by atoms with Crippen molar-refractivity contribution in [1.82, 2.24) is 4.98 Å². The lowest BCUT2D eigenvalue weighted by Crippen LogP contribution is -2.05. The fraction of sp³-hybridized carbons (Fsp3) is 0.0769. The van der Waals surface area contributed by atoms with Crippen LogP contribution in [-0.2, 0) is 6.42 Å². The topological polar surface area (TPSA) is 30.0 Å². The summed E-state index contributed by atoms with van der Waals surface area (Å²) in [5.41, 5.74) is 1.47. The molecule has 0 N–H and O–H groups in total. The van der Waals surface area contributed by atoms with Crippen molar-refractivity contribution in [2.24, 2.45) is 0 Å². The van der Waals surface area contributed by atoms with Crippen LogP contribution in [0.15, 0.2) is 51.5 Å². The zero-order valence-corrected chi connectivity index (χ0v) is 12.0. The van der Waals surface area contributed by atoms with Gasteiger partial charge in [-0.15, -0.1) is 0 Å². The molecule has 1 aromatic carbocycles. The minimum Gasteiger partial charge on any atom is -0.292 e. The summed E-state index contributed by atoms with van der Waals surface area (Å²) < 4.78 is 1.85. The molecule has 0 bridgehead atoms. The zero-order valence-electron chi connectivity index (χ0n) is 8.86. The summed E-state index contributed by atoms with van der Waals surface area (Å²) in [6, 6.07) is 11.3.